The summed E-state index contributed by atoms with van der Waals surface area (Å²) in [5.74, 6) is 0.395. The fourth-order valence-electron chi connectivity index (χ4n) is 5.76. The van der Waals surface area contributed by atoms with Crippen molar-refractivity contribution in [1.82, 2.24) is 25.1 Å². The molecule has 1 aromatic carbocycles. The van der Waals surface area contributed by atoms with Crippen LogP contribution in [-0.4, -0.2) is 76.5 Å². The molecule has 1 aliphatic carbocycles. The van der Waals surface area contributed by atoms with Crippen LogP contribution in [-0.2, 0) is 13.1 Å². The van der Waals surface area contributed by atoms with Gasteiger partial charge in [0.05, 0.1) is 0 Å². The largest absolute Gasteiger partial charge is 0.382 e. The molecule has 1 aromatic heterocycles. The summed E-state index contributed by atoms with van der Waals surface area (Å²) in [5.41, 5.74) is 14.6. The molecule has 0 bridgehead atoms. The highest BCUT2D eigenvalue weighted by molar-refractivity contribution is 6.32. The van der Waals surface area contributed by atoms with Crippen LogP contribution in [0.25, 0.3) is 0 Å². The van der Waals surface area contributed by atoms with Gasteiger partial charge in [0.1, 0.15) is 0 Å². The fraction of sp³-hybridized carbons (Fsp3) is 0.593. The number of hydrogen-bond donors (Lipinski definition) is 3. The van der Waals surface area contributed by atoms with Gasteiger partial charge in [0.25, 0.3) is 5.91 Å². The molecule has 2 saturated heterocycles. The van der Waals surface area contributed by atoms with E-state index < -0.39 is 0 Å². The number of anilines is 2. The number of nitrogens with zero attached hydrogens (tertiary/aromatic N) is 5. The van der Waals surface area contributed by atoms with E-state index in [1.165, 1.54) is 5.56 Å². The summed E-state index contributed by atoms with van der Waals surface area (Å²) in [6, 6.07) is 7.20. The van der Waals surface area contributed by atoms with Crippen LogP contribution in [0.5, 0.6) is 0 Å². The van der Waals surface area contributed by atoms with Crippen LogP contribution in [0.3, 0.4) is 0 Å². The van der Waals surface area contributed by atoms with Crippen LogP contribution >= 0.6 is 23.2 Å². The summed E-state index contributed by atoms with van der Waals surface area (Å²) < 4.78 is 0. The Balaban J connectivity index is 1.19. The van der Waals surface area contributed by atoms with E-state index in [2.05, 4.69) is 43.0 Å². The van der Waals surface area contributed by atoms with Gasteiger partial charge in [0, 0.05) is 55.9 Å². The molecule has 2 aromatic rings. The number of hydrogen-bond acceptors (Lipinski definition) is 8. The van der Waals surface area contributed by atoms with E-state index in [1.54, 1.807) is 0 Å². The fourth-order valence-corrected chi connectivity index (χ4v) is 6.20. The summed E-state index contributed by atoms with van der Waals surface area (Å²) in [5, 5.41) is 3.88. The van der Waals surface area contributed by atoms with Gasteiger partial charge in [-0.2, -0.15) is 0 Å². The molecule has 3 heterocycles. The van der Waals surface area contributed by atoms with Crippen LogP contribution in [0.15, 0.2) is 18.2 Å². The molecule has 1 amide bonds. The Hall–Kier alpha value is -2.17. The average Bonchev–Trinajstić information content (AvgIpc) is 3.74. The zero-order chi connectivity index (χ0) is 26.8. The molecule has 5 N–H and O–H groups in total. The van der Waals surface area contributed by atoms with Gasteiger partial charge in [-0.25, -0.2) is 9.97 Å². The maximum atomic E-state index is 12.5. The average molecular weight is 562 g/mol. The topological polar surface area (TPSA) is 117 Å². The minimum absolute atomic E-state index is 0.111. The van der Waals surface area contributed by atoms with Crippen LogP contribution in [0.4, 0.5) is 11.6 Å². The maximum Gasteiger partial charge on any atom is 0.274 e. The Labute approximate surface area is 234 Å². The smallest absolute Gasteiger partial charge is 0.274 e. The normalized spacial score (nSPS) is 21.6. The first kappa shape index (κ1) is 27.4. The van der Waals surface area contributed by atoms with E-state index in [0.717, 1.165) is 82.0 Å². The quantitative estimate of drug-likeness (QED) is 0.450. The van der Waals surface area contributed by atoms with Gasteiger partial charge in [-0.3, -0.25) is 14.6 Å². The van der Waals surface area contributed by atoms with Crippen molar-refractivity contribution in [1.29, 1.82) is 0 Å². The minimum Gasteiger partial charge on any atom is -0.382 e. The third kappa shape index (κ3) is 6.18. The van der Waals surface area contributed by atoms with Crippen LogP contribution in [0.1, 0.15) is 60.6 Å². The summed E-state index contributed by atoms with van der Waals surface area (Å²) >= 11 is 12.7. The second kappa shape index (κ2) is 11.9. The number of amides is 1. The highest BCUT2D eigenvalue weighted by Crippen LogP contribution is 2.30. The molecule has 0 radical (unpaired) electrons. The summed E-state index contributed by atoms with van der Waals surface area (Å²) in [6.45, 7) is 8.31. The molecule has 206 valence electrons. The first-order valence-corrected chi connectivity index (χ1v) is 14.5. The maximum absolute atomic E-state index is 12.5. The zero-order valence-corrected chi connectivity index (χ0v) is 23.5. The molecule has 3 fully saturated rings. The number of aromatic nitrogens is 2. The molecule has 3 aliphatic rings. The second-order valence-electron chi connectivity index (χ2n) is 10.7. The zero-order valence-electron chi connectivity index (χ0n) is 22.0. The number of nitrogens with one attached hydrogen (secondary N) is 1. The van der Waals surface area contributed by atoms with Crippen molar-refractivity contribution < 1.29 is 4.79 Å². The Morgan fingerprint density at radius 3 is 2.53 bits per heavy atom. The molecule has 9 nitrogen and oxygen atoms in total. The van der Waals surface area contributed by atoms with E-state index in [-0.39, 0.29) is 28.6 Å². The number of nitrogens with two attached hydrogens (primary N) is 2. The van der Waals surface area contributed by atoms with Crippen LogP contribution in [0, 0.1) is 0 Å². The first-order chi connectivity index (χ1) is 18.4. The molecule has 38 heavy (non-hydrogen) atoms. The minimum atomic E-state index is -0.302. The lowest BCUT2D eigenvalue weighted by molar-refractivity contribution is 0.0610. The predicted molar refractivity (Wildman–Crippen MR) is 153 cm³/mol. The number of rotatable bonds is 8. The molecular weight excluding hydrogens is 523 g/mol. The summed E-state index contributed by atoms with van der Waals surface area (Å²) in [7, 11) is 0. The Bertz CT molecular complexity index is 1150. The molecule has 0 spiro atoms. The molecule has 1 saturated carbocycles. The standard InChI is InChI=1S/C27H38Cl2N8O/c1-2-21-16-36(26-24(29)33-23(25(31)34-26)27(38)32-20-5-6-20)11-12-37(21)22-7-9-35(10-8-22)15-17-3-4-19(28)13-18(17)14-30/h3-4,13,20-22H,2,5-12,14-16,30H2,1H3,(H2,31,34)(H,32,38). The highest BCUT2D eigenvalue weighted by atomic mass is 35.5. The Kier molecular flexibility index (Phi) is 8.59. The van der Waals surface area contributed by atoms with Gasteiger partial charge in [0.2, 0.25) is 0 Å². The third-order valence-corrected chi connectivity index (χ3v) is 8.59. The molecule has 1 atom stereocenters. The predicted octanol–water partition coefficient (Wildman–Crippen LogP) is 3.28. The van der Waals surface area contributed by atoms with Crippen molar-refractivity contribution in [3.8, 4) is 0 Å². The number of piperazine rings is 1. The number of carbonyl (C=O) groups excluding carboxylic acids is 1. The summed E-state index contributed by atoms with van der Waals surface area (Å²) in [4.78, 5) is 28.7. The molecule has 5 rings (SSSR count). The lowest BCUT2D eigenvalue weighted by Gasteiger charge is -2.47. The van der Waals surface area contributed by atoms with Gasteiger partial charge in [-0.1, -0.05) is 36.2 Å². The lowest BCUT2D eigenvalue weighted by atomic mass is 9.97. The number of nitrogen functional groups attached to an aromatic ring is 1. The van der Waals surface area contributed by atoms with Gasteiger partial charge in [-0.15, -0.1) is 0 Å². The SMILES string of the molecule is CCC1CN(c2nc(N)c(C(=O)NC3CC3)nc2Cl)CCN1C1CCN(Cc2ccc(Cl)cc2CN)CC1. The lowest BCUT2D eigenvalue weighted by Crippen LogP contribution is -2.58. The number of likely N-dealkylation sites (tertiary alicyclic amines) is 1. The van der Waals surface area contributed by atoms with E-state index in [0.29, 0.717) is 24.4 Å². The van der Waals surface area contributed by atoms with Gasteiger partial charge < -0.3 is 21.7 Å². The van der Waals surface area contributed by atoms with Crippen molar-refractivity contribution in [3.05, 3.63) is 45.2 Å². The van der Waals surface area contributed by atoms with E-state index >= 15 is 0 Å². The van der Waals surface area contributed by atoms with Crippen molar-refractivity contribution in [2.75, 3.05) is 43.4 Å². The first-order valence-electron chi connectivity index (χ1n) is 13.7. The van der Waals surface area contributed by atoms with E-state index in [9.17, 15) is 4.79 Å². The Morgan fingerprint density at radius 2 is 1.84 bits per heavy atom. The van der Waals surface area contributed by atoms with Gasteiger partial charge in [-0.05, 0) is 68.5 Å². The van der Waals surface area contributed by atoms with Gasteiger partial charge >= 0.3 is 0 Å². The van der Waals surface area contributed by atoms with Gasteiger partial charge in [0.15, 0.2) is 22.5 Å². The molecule has 2 aliphatic heterocycles. The number of carbonyl (C=O) groups is 1. The molecule has 1 unspecified atom stereocenters. The van der Waals surface area contributed by atoms with Crippen LogP contribution in [0.2, 0.25) is 10.2 Å². The van der Waals surface area contributed by atoms with Crippen LogP contribution < -0.4 is 21.7 Å². The number of piperidine rings is 1. The highest BCUT2D eigenvalue weighted by Gasteiger charge is 2.35. The number of halogens is 2. The monoisotopic (exact) mass is 560 g/mol. The van der Waals surface area contributed by atoms with E-state index in [4.69, 9.17) is 34.7 Å². The van der Waals surface area contributed by atoms with E-state index in [1.807, 2.05) is 12.1 Å². The number of benzene rings is 1. The molecule has 11 heteroatoms. The Morgan fingerprint density at radius 1 is 1.08 bits per heavy atom. The van der Waals surface area contributed by atoms with Crippen molar-refractivity contribution in [2.45, 2.75) is 70.2 Å². The third-order valence-electron chi connectivity index (χ3n) is 8.10. The van der Waals surface area contributed by atoms with Crippen molar-refractivity contribution >= 4 is 40.7 Å². The van der Waals surface area contributed by atoms with Crippen molar-refractivity contribution in [3.63, 3.8) is 0 Å². The summed E-state index contributed by atoms with van der Waals surface area (Å²) in [6.07, 6.45) is 5.29. The van der Waals surface area contributed by atoms with Crippen molar-refractivity contribution in [2.24, 2.45) is 5.73 Å². The second-order valence-corrected chi connectivity index (χ2v) is 11.5. The molecular formula is C27H38Cl2N8O.